The van der Waals surface area contributed by atoms with Crippen LogP contribution in [0.5, 0.6) is 0 Å². The molecule has 0 amide bonds. The molecule has 1 atom stereocenters. The van der Waals surface area contributed by atoms with Crippen LogP contribution in [0, 0.1) is 6.92 Å². The molecule has 1 aromatic heterocycles. The monoisotopic (exact) mass is 446 g/mol. The van der Waals surface area contributed by atoms with Crippen molar-refractivity contribution in [1.82, 2.24) is 9.29 Å². The normalized spacial score (nSPS) is 17.1. The smallest absolute Gasteiger partial charge is 0.252 e. The summed E-state index contributed by atoms with van der Waals surface area (Å²) in [6.07, 6.45) is 1.50. The van der Waals surface area contributed by atoms with Gasteiger partial charge in [-0.1, -0.05) is 23.7 Å². The highest BCUT2D eigenvalue weighted by Crippen LogP contribution is 2.24. The zero-order valence-electron chi connectivity index (χ0n) is 16.6. The number of rotatable bonds is 6. The summed E-state index contributed by atoms with van der Waals surface area (Å²) in [5.74, 6) is 0. The van der Waals surface area contributed by atoms with Gasteiger partial charge >= 0.3 is 0 Å². The SMILES string of the molecule is Cc1ccc2cc(CN(CC3CCCO3)S(=O)(=O)c3ccc(Cl)cc3)c(=O)[nH]c2c1. The molecule has 1 aliphatic heterocycles. The predicted octanol–water partition coefficient (Wildman–Crippen LogP) is 3.86. The van der Waals surface area contributed by atoms with Gasteiger partial charge in [0.05, 0.1) is 11.0 Å². The van der Waals surface area contributed by atoms with E-state index in [1.54, 1.807) is 18.2 Å². The lowest BCUT2D eigenvalue weighted by molar-refractivity contribution is 0.0925. The maximum atomic E-state index is 13.4. The van der Waals surface area contributed by atoms with Crippen molar-refractivity contribution in [2.75, 3.05) is 13.2 Å². The van der Waals surface area contributed by atoms with E-state index in [2.05, 4.69) is 4.98 Å². The predicted molar refractivity (Wildman–Crippen MR) is 117 cm³/mol. The van der Waals surface area contributed by atoms with E-state index in [0.29, 0.717) is 17.2 Å². The van der Waals surface area contributed by atoms with Crippen LogP contribution < -0.4 is 5.56 Å². The Hall–Kier alpha value is -2.19. The molecule has 6 nitrogen and oxygen atoms in total. The number of pyridine rings is 1. The first-order valence-electron chi connectivity index (χ1n) is 9.83. The summed E-state index contributed by atoms with van der Waals surface area (Å²) in [6, 6.07) is 13.6. The first-order valence-corrected chi connectivity index (χ1v) is 11.6. The number of sulfonamides is 1. The van der Waals surface area contributed by atoms with E-state index >= 15 is 0 Å². The van der Waals surface area contributed by atoms with Crippen LogP contribution in [-0.4, -0.2) is 37.0 Å². The topological polar surface area (TPSA) is 79.5 Å². The van der Waals surface area contributed by atoms with Crippen molar-refractivity contribution in [3.05, 3.63) is 75.0 Å². The van der Waals surface area contributed by atoms with Gasteiger partial charge in [-0.15, -0.1) is 0 Å². The average Bonchev–Trinajstić information content (AvgIpc) is 3.21. The summed E-state index contributed by atoms with van der Waals surface area (Å²) < 4.78 is 33.7. The first kappa shape index (κ1) is 21.1. The molecule has 0 spiro atoms. The molecular weight excluding hydrogens is 424 g/mol. The average molecular weight is 447 g/mol. The quantitative estimate of drug-likeness (QED) is 0.623. The molecule has 2 heterocycles. The molecule has 1 aliphatic rings. The number of hydrogen-bond acceptors (Lipinski definition) is 4. The Morgan fingerprint density at radius 3 is 2.63 bits per heavy atom. The number of nitrogens with zero attached hydrogens (tertiary/aromatic N) is 1. The van der Waals surface area contributed by atoms with Gasteiger partial charge in [0.15, 0.2) is 0 Å². The van der Waals surface area contributed by atoms with E-state index in [0.717, 1.165) is 29.3 Å². The summed E-state index contributed by atoms with van der Waals surface area (Å²) in [5.41, 5.74) is 1.87. The Kier molecular flexibility index (Phi) is 5.97. The van der Waals surface area contributed by atoms with Crippen LogP contribution >= 0.6 is 11.6 Å². The molecule has 3 aromatic rings. The summed E-state index contributed by atoms with van der Waals surface area (Å²) in [6.45, 7) is 2.73. The Balaban J connectivity index is 1.72. The number of ether oxygens (including phenoxy) is 1. The third kappa shape index (κ3) is 4.44. The second-order valence-corrected chi connectivity index (χ2v) is 9.98. The van der Waals surface area contributed by atoms with Crippen LogP contribution in [0.1, 0.15) is 24.0 Å². The number of hydrogen-bond donors (Lipinski definition) is 1. The molecular formula is C22H23ClN2O4S. The molecule has 8 heteroatoms. The van der Waals surface area contributed by atoms with E-state index in [1.807, 2.05) is 25.1 Å². The molecule has 0 saturated carbocycles. The first-order chi connectivity index (χ1) is 14.3. The number of halogens is 1. The lowest BCUT2D eigenvalue weighted by Gasteiger charge is -2.25. The number of aryl methyl sites for hydroxylation is 1. The van der Waals surface area contributed by atoms with Crippen LogP contribution in [-0.2, 0) is 21.3 Å². The molecule has 0 aliphatic carbocycles. The summed E-state index contributed by atoms with van der Waals surface area (Å²) in [5, 5.41) is 1.32. The van der Waals surface area contributed by atoms with Crippen molar-refractivity contribution in [3.8, 4) is 0 Å². The molecule has 30 heavy (non-hydrogen) atoms. The standard InChI is InChI=1S/C22H23ClN2O4S/c1-15-4-5-16-12-17(22(26)24-21(16)11-15)13-25(14-19-3-2-10-29-19)30(27,28)20-8-6-18(23)7-9-20/h4-9,11-12,19H,2-3,10,13-14H2,1H3,(H,24,26). The highest BCUT2D eigenvalue weighted by molar-refractivity contribution is 7.89. The Labute approximate surface area is 180 Å². The number of benzene rings is 2. The van der Waals surface area contributed by atoms with Crippen LogP contribution in [0.4, 0.5) is 0 Å². The van der Waals surface area contributed by atoms with Crippen LogP contribution in [0.2, 0.25) is 5.02 Å². The second kappa shape index (κ2) is 8.51. The molecule has 1 N–H and O–H groups in total. The van der Waals surface area contributed by atoms with Crippen molar-refractivity contribution in [1.29, 1.82) is 0 Å². The third-order valence-electron chi connectivity index (χ3n) is 5.31. The highest BCUT2D eigenvalue weighted by Gasteiger charge is 2.30. The van der Waals surface area contributed by atoms with Gasteiger partial charge in [-0.25, -0.2) is 8.42 Å². The molecule has 0 bridgehead atoms. The zero-order valence-corrected chi connectivity index (χ0v) is 18.2. The zero-order chi connectivity index (χ0) is 21.3. The minimum atomic E-state index is -3.84. The van der Waals surface area contributed by atoms with E-state index in [-0.39, 0.29) is 29.6 Å². The largest absolute Gasteiger partial charge is 0.377 e. The minimum absolute atomic E-state index is 0.0377. The van der Waals surface area contributed by atoms with Gasteiger partial charge < -0.3 is 9.72 Å². The molecule has 1 unspecified atom stereocenters. The maximum Gasteiger partial charge on any atom is 0.252 e. The summed E-state index contributed by atoms with van der Waals surface area (Å²) >= 11 is 5.92. The molecule has 158 valence electrons. The van der Waals surface area contributed by atoms with E-state index in [1.165, 1.54) is 16.4 Å². The Morgan fingerprint density at radius 1 is 1.17 bits per heavy atom. The number of fused-ring (bicyclic) bond motifs is 1. The van der Waals surface area contributed by atoms with Crippen molar-refractivity contribution in [3.63, 3.8) is 0 Å². The summed E-state index contributed by atoms with van der Waals surface area (Å²) in [7, 11) is -3.84. The lowest BCUT2D eigenvalue weighted by Crippen LogP contribution is -2.38. The minimum Gasteiger partial charge on any atom is -0.377 e. The lowest BCUT2D eigenvalue weighted by atomic mass is 10.1. The molecule has 1 saturated heterocycles. The maximum absolute atomic E-state index is 13.4. The Morgan fingerprint density at radius 2 is 1.93 bits per heavy atom. The third-order valence-corrected chi connectivity index (χ3v) is 7.39. The van der Waals surface area contributed by atoms with Gasteiger partial charge in [0.25, 0.3) is 5.56 Å². The van der Waals surface area contributed by atoms with Crippen molar-refractivity contribution >= 4 is 32.5 Å². The van der Waals surface area contributed by atoms with Gasteiger partial charge in [0.2, 0.25) is 10.0 Å². The molecule has 4 rings (SSSR count). The Bertz CT molecular complexity index is 1220. The second-order valence-electron chi connectivity index (χ2n) is 7.60. The number of aromatic amines is 1. The van der Waals surface area contributed by atoms with Gasteiger partial charge in [-0.2, -0.15) is 4.31 Å². The molecule has 2 aromatic carbocycles. The fourth-order valence-corrected chi connectivity index (χ4v) is 5.26. The fraction of sp³-hybridized carbons (Fsp3) is 0.318. The van der Waals surface area contributed by atoms with E-state index < -0.39 is 10.0 Å². The van der Waals surface area contributed by atoms with E-state index in [4.69, 9.17) is 16.3 Å². The summed E-state index contributed by atoms with van der Waals surface area (Å²) in [4.78, 5) is 15.7. The van der Waals surface area contributed by atoms with E-state index in [9.17, 15) is 13.2 Å². The van der Waals surface area contributed by atoms with Gasteiger partial charge in [0, 0.05) is 35.8 Å². The highest BCUT2D eigenvalue weighted by atomic mass is 35.5. The number of nitrogens with one attached hydrogen (secondary N) is 1. The molecule has 1 fully saturated rings. The van der Waals surface area contributed by atoms with Gasteiger partial charge in [-0.05, 0) is 67.1 Å². The van der Waals surface area contributed by atoms with Crippen LogP contribution in [0.15, 0.2) is 58.2 Å². The number of H-pyrrole nitrogens is 1. The van der Waals surface area contributed by atoms with Gasteiger partial charge in [0.1, 0.15) is 0 Å². The van der Waals surface area contributed by atoms with Crippen LogP contribution in [0.25, 0.3) is 10.9 Å². The van der Waals surface area contributed by atoms with Gasteiger partial charge in [-0.3, -0.25) is 4.79 Å². The van der Waals surface area contributed by atoms with Crippen molar-refractivity contribution in [2.24, 2.45) is 0 Å². The molecule has 0 radical (unpaired) electrons. The van der Waals surface area contributed by atoms with Crippen molar-refractivity contribution in [2.45, 2.75) is 37.3 Å². The van der Waals surface area contributed by atoms with Crippen LogP contribution in [0.3, 0.4) is 0 Å². The van der Waals surface area contributed by atoms with Crippen molar-refractivity contribution < 1.29 is 13.2 Å². The number of aromatic nitrogens is 1. The fourth-order valence-electron chi connectivity index (χ4n) is 3.69.